The molecule has 0 spiro atoms. The Bertz CT molecular complexity index is 867. The van der Waals surface area contributed by atoms with Gasteiger partial charge in [-0.1, -0.05) is 35.5 Å². The van der Waals surface area contributed by atoms with Gasteiger partial charge in [-0.05, 0) is 43.5 Å². The minimum atomic E-state index is 0.0781. The summed E-state index contributed by atoms with van der Waals surface area (Å²) in [5, 5.41) is 8.29. The quantitative estimate of drug-likeness (QED) is 0.725. The van der Waals surface area contributed by atoms with Crippen molar-refractivity contribution in [2.75, 3.05) is 0 Å². The van der Waals surface area contributed by atoms with Crippen LogP contribution in [-0.4, -0.2) is 31.8 Å². The van der Waals surface area contributed by atoms with Crippen LogP contribution in [0.5, 0.6) is 0 Å². The highest BCUT2D eigenvalue weighted by atomic mass is 16.2. The molecule has 0 saturated heterocycles. The molecule has 1 aliphatic rings. The van der Waals surface area contributed by atoms with E-state index in [1.807, 2.05) is 52.9 Å². The van der Waals surface area contributed by atoms with E-state index in [1.165, 1.54) is 0 Å². The Morgan fingerprint density at radius 3 is 2.71 bits per heavy atom. The Morgan fingerprint density at radius 1 is 1.21 bits per heavy atom. The molecule has 1 aliphatic carbocycles. The van der Waals surface area contributed by atoms with E-state index >= 15 is 0 Å². The number of nitrogens with zero attached hydrogens (tertiary/aromatic N) is 4. The van der Waals surface area contributed by atoms with Crippen LogP contribution >= 0.6 is 0 Å². The van der Waals surface area contributed by atoms with Crippen molar-refractivity contribution in [3.05, 3.63) is 59.7 Å². The lowest BCUT2D eigenvalue weighted by Gasteiger charge is -2.22. The van der Waals surface area contributed by atoms with Gasteiger partial charge in [0, 0.05) is 24.7 Å². The smallest absolute Gasteiger partial charge is 0.254 e. The summed E-state index contributed by atoms with van der Waals surface area (Å²) >= 11 is 0. The standard InChI is InChI=1S/C19H20N4O/c1-2-23-18-11-8-15(12-17(18)20-21-23)19(24)22(16-9-10-16)13-14-6-4-3-5-7-14/h3-8,11-12,16H,2,9-10,13H2,1H3. The van der Waals surface area contributed by atoms with E-state index in [2.05, 4.69) is 22.4 Å². The van der Waals surface area contributed by atoms with Gasteiger partial charge in [-0.2, -0.15) is 0 Å². The van der Waals surface area contributed by atoms with Crippen LogP contribution in [0.25, 0.3) is 11.0 Å². The Kier molecular flexibility index (Phi) is 3.76. The molecule has 0 radical (unpaired) electrons. The first kappa shape index (κ1) is 14.9. The molecule has 0 unspecified atom stereocenters. The maximum Gasteiger partial charge on any atom is 0.254 e. The van der Waals surface area contributed by atoms with E-state index in [0.29, 0.717) is 18.2 Å². The summed E-state index contributed by atoms with van der Waals surface area (Å²) in [7, 11) is 0. The summed E-state index contributed by atoms with van der Waals surface area (Å²) in [6, 6.07) is 16.2. The fourth-order valence-corrected chi connectivity index (χ4v) is 3.04. The molecule has 5 heteroatoms. The van der Waals surface area contributed by atoms with Crippen molar-refractivity contribution in [1.82, 2.24) is 19.9 Å². The predicted molar refractivity (Wildman–Crippen MR) is 92.5 cm³/mol. The molecule has 122 valence electrons. The summed E-state index contributed by atoms with van der Waals surface area (Å²) < 4.78 is 1.84. The minimum Gasteiger partial charge on any atom is -0.331 e. The van der Waals surface area contributed by atoms with Crippen LogP contribution in [0.1, 0.15) is 35.7 Å². The third-order valence-corrected chi connectivity index (χ3v) is 4.50. The SMILES string of the molecule is CCn1nnc2cc(C(=O)N(Cc3ccccc3)C3CC3)ccc21. The molecule has 1 amide bonds. The first-order valence-electron chi connectivity index (χ1n) is 8.44. The summed E-state index contributed by atoms with van der Waals surface area (Å²) in [6.07, 6.45) is 2.18. The van der Waals surface area contributed by atoms with Crippen LogP contribution in [-0.2, 0) is 13.1 Å². The Morgan fingerprint density at radius 2 is 2.00 bits per heavy atom. The topological polar surface area (TPSA) is 51.0 Å². The van der Waals surface area contributed by atoms with Gasteiger partial charge in [0.15, 0.2) is 0 Å². The first-order chi connectivity index (χ1) is 11.8. The third-order valence-electron chi connectivity index (χ3n) is 4.50. The maximum absolute atomic E-state index is 13.0. The van der Waals surface area contributed by atoms with Crippen molar-refractivity contribution in [3.8, 4) is 0 Å². The van der Waals surface area contributed by atoms with E-state index in [1.54, 1.807) is 0 Å². The van der Waals surface area contributed by atoms with Gasteiger partial charge < -0.3 is 4.90 Å². The van der Waals surface area contributed by atoms with Crippen molar-refractivity contribution in [1.29, 1.82) is 0 Å². The zero-order chi connectivity index (χ0) is 16.5. The van der Waals surface area contributed by atoms with Crippen molar-refractivity contribution in [2.45, 2.75) is 38.9 Å². The largest absolute Gasteiger partial charge is 0.331 e. The molecule has 0 atom stereocenters. The molecule has 0 aliphatic heterocycles. The summed E-state index contributed by atoms with van der Waals surface area (Å²) in [4.78, 5) is 15.0. The van der Waals surface area contributed by atoms with Crippen molar-refractivity contribution >= 4 is 16.9 Å². The monoisotopic (exact) mass is 320 g/mol. The molecule has 1 aromatic heterocycles. The van der Waals surface area contributed by atoms with Crippen LogP contribution in [0.15, 0.2) is 48.5 Å². The average Bonchev–Trinajstić information content (AvgIpc) is 3.38. The number of aryl methyl sites for hydroxylation is 1. The molecule has 1 heterocycles. The molecule has 3 aromatic rings. The van der Waals surface area contributed by atoms with Crippen LogP contribution in [0.2, 0.25) is 0 Å². The summed E-state index contributed by atoms with van der Waals surface area (Å²) in [5.41, 5.74) is 3.59. The Balaban J connectivity index is 1.62. The number of benzene rings is 2. The molecule has 0 N–H and O–H groups in total. The van der Waals surface area contributed by atoms with E-state index in [-0.39, 0.29) is 5.91 Å². The van der Waals surface area contributed by atoms with Crippen LogP contribution in [0.4, 0.5) is 0 Å². The van der Waals surface area contributed by atoms with Gasteiger partial charge in [0.2, 0.25) is 0 Å². The second kappa shape index (κ2) is 6.07. The van der Waals surface area contributed by atoms with Gasteiger partial charge in [0.05, 0.1) is 5.52 Å². The zero-order valence-electron chi connectivity index (χ0n) is 13.7. The Hall–Kier alpha value is -2.69. The number of aromatic nitrogens is 3. The van der Waals surface area contributed by atoms with Gasteiger partial charge in [-0.25, -0.2) is 4.68 Å². The molecule has 1 saturated carbocycles. The predicted octanol–water partition coefficient (Wildman–Crippen LogP) is 3.26. The van der Waals surface area contributed by atoms with Gasteiger partial charge >= 0.3 is 0 Å². The number of fused-ring (bicyclic) bond motifs is 1. The number of rotatable bonds is 5. The van der Waals surface area contributed by atoms with Crippen molar-refractivity contribution in [3.63, 3.8) is 0 Å². The van der Waals surface area contributed by atoms with Crippen LogP contribution in [0.3, 0.4) is 0 Å². The van der Waals surface area contributed by atoms with Crippen LogP contribution in [0, 0.1) is 0 Å². The number of hydrogen-bond acceptors (Lipinski definition) is 3. The van der Waals surface area contributed by atoms with Gasteiger partial charge in [0.25, 0.3) is 5.91 Å². The highest BCUT2D eigenvalue weighted by Gasteiger charge is 2.33. The van der Waals surface area contributed by atoms with Crippen molar-refractivity contribution in [2.24, 2.45) is 0 Å². The van der Waals surface area contributed by atoms with Crippen LogP contribution < -0.4 is 0 Å². The average molecular weight is 320 g/mol. The van der Waals surface area contributed by atoms with E-state index in [9.17, 15) is 4.79 Å². The normalized spacial score (nSPS) is 14.0. The second-order valence-corrected chi connectivity index (χ2v) is 6.26. The minimum absolute atomic E-state index is 0.0781. The first-order valence-corrected chi connectivity index (χ1v) is 8.44. The lowest BCUT2D eigenvalue weighted by atomic mass is 10.1. The zero-order valence-corrected chi connectivity index (χ0v) is 13.7. The molecule has 5 nitrogen and oxygen atoms in total. The van der Waals surface area contributed by atoms with Crippen molar-refractivity contribution < 1.29 is 4.79 Å². The summed E-state index contributed by atoms with van der Waals surface area (Å²) in [6.45, 7) is 3.46. The van der Waals surface area contributed by atoms with E-state index in [0.717, 1.165) is 36.0 Å². The fraction of sp³-hybridized carbons (Fsp3) is 0.316. The second-order valence-electron chi connectivity index (χ2n) is 6.26. The molecule has 1 fully saturated rings. The van der Waals surface area contributed by atoms with Gasteiger partial charge in [-0.3, -0.25) is 4.79 Å². The maximum atomic E-state index is 13.0. The number of hydrogen-bond donors (Lipinski definition) is 0. The van der Waals surface area contributed by atoms with Gasteiger partial charge in [-0.15, -0.1) is 5.10 Å². The lowest BCUT2D eigenvalue weighted by Crippen LogP contribution is -2.32. The number of carbonyl (C=O) groups is 1. The molecule has 24 heavy (non-hydrogen) atoms. The molecule has 2 aromatic carbocycles. The number of amides is 1. The lowest BCUT2D eigenvalue weighted by molar-refractivity contribution is 0.0730. The van der Waals surface area contributed by atoms with E-state index in [4.69, 9.17) is 0 Å². The molecular weight excluding hydrogens is 300 g/mol. The van der Waals surface area contributed by atoms with E-state index < -0.39 is 0 Å². The molecule has 0 bridgehead atoms. The molecular formula is C19H20N4O. The summed E-state index contributed by atoms with van der Waals surface area (Å²) in [5.74, 6) is 0.0781. The molecule has 4 rings (SSSR count). The van der Waals surface area contributed by atoms with Gasteiger partial charge in [0.1, 0.15) is 5.52 Å². The fourth-order valence-electron chi connectivity index (χ4n) is 3.04. The Labute approximate surface area is 140 Å². The highest BCUT2D eigenvalue weighted by Crippen LogP contribution is 2.30. The third kappa shape index (κ3) is 2.77. The highest BCUT2D eigenvalue weighted by molar-refractivity contribution is 5.97. The number of carbonyl (C=O) groups excluding carboxylic acids is 1.